The fourth-order valence-electron chi connectivity index (χ4n) is 2.02. The first-order valence-corrected chi connectivity index (χ1v) is 7.23. The molecule has 0 aliphatic rings. The number of rotatable bonds is 9. The van der Waals surface area contributed by atoms with Gasteiger partial charge in [0.1, 0.15) is 6.04 Å². The maximum Gasteiger partial charge on any atom is 0.320 e. The maximum atomic E-state index is 12.2. The molecule has 0 saturated heterocycles. The van der Waals surface area contributed by atoms with Crippen molar-refractivity contribution >= 4 is 17.8 Å². The van der Waals surface area contributed by atoms with Gasteiger partial charge in [-0.25, -0.2) is 0 Å². The van der Waals surface area contributed by atoms with Crippen molar-refractivity contribution in [3.05, 3.63) is 0 Å². The minimum Gasteiger partial charge on any atom is -0.480 e. The minimum absolute atomic E-state index is 0.00871. The molecule has 0 fully saturated rings. The molecule has 122 valence electrons. The number of nitrogens with zero attached hydrogens (tertiary/aromatic N) is 2. The molecular weight excluding hydrogens is 274 g/mol. The number of carboxylic acid groups (broad SMARTS) is 1. The first kappa shape index (κ1) is 19.4. The molecule has 2 amide bonds. The van der Waals surface area contributed by atoms with Crippen LogP contribution in [0.3, 0.4) is 0 Å². The second kappa shape index (κ2) is 9.33. The molecule has 0 saturated carbocycles. The summed E-state index contributed by atoms with van der Waals surface area (Å²) < 4.78 is 0. The van der Waals surface area contributed by atoms with Crippen molar-refractivity contribution in [2.24, 2.45) is 0 Å². The van der Waals surface area contributed by atoms with Gasteiger partial charge in [-0.1, -0.05) is 6.92 Å². The third-order valence-electron chi connectivity index (χ3n) is 3.11. The van der Waals surface area contributed by atoms with Gasteiger partial charge >= 0.3 is 5.97 Å². The van der Waals surface area contributed by atoms with E-state index in [1.165, 1.54) is 9.80 Å². The lowest BCUT2D eigenvalue weighted by molar-refractivity contribution is -0.145. The number of carbonyl (C=O) groups excluding carboxylic acids is 2. The normalized spacial score (nSPS) is 12.3. The van der Waals surface area contributed by atoms with E-state index in [2.05, 4.69) is 5.32 Å². The third kappa shape index (κ3) is 7.08. The van der Waals surface area contributed by atoms with E-state index in [0.717, 1.165) is 0 Å². The minimum atomic E-state index is -0.951. The Morgan fingerprint density at radius 2 is 1.71 bits per heavy atom. The fourth-order valence-corrected chi connectivity index (χ4v) is 2.02. The Morgan fingerprint density at radius 3 is 2.10 bits per heavy atom. The van der Waals surface area contributed by atoms with Crippen molar-refractivity contribution < 1.29 is 19.5 Å². The first-order chi connectivity index (χ1) is 9.72. The molecule has 7 heteroatoms. The van der Waals surface area contributed by atoms with Gasteiger partial charge in [-0.15, -0.1) is 0 Å². The molecule has 0 radical (unpaired) electrons. The van der Waals surface area contributed by atoms with Crippen molar-refractivity contribution in [3.8, 4) is 0 Å². The zero-order valence-electron chi connectivity index (χ0n) is 13.5. The van der Waals surface area contributed by atoms with Crippen molar-refractivity contribution in [3.63, 3.8) is 0 Å². The molecule has 0 aromatic rings. The van der Waals surface area contributed by atoms with E-state index in [9.17, 15) is 14.4 Å². The van der Waals surface area contributed by atoms with Crippen LogP contribution < -0.4 is 5.32 Å². The van der Waals surface area contributed by atoms with Gasteiger partial charge in [0.25, 0.3) is 0 Å². The highest BCUT2D eigenvalue weighted by molar-refractivity contribution is 5.86. The number of carboxylic acids is 1. The highest BCUT2D eigenvalue weighted by atomic mass is 16.4. The summed E-state index contributed by atoms with van der Waals surface area (Å²) in [7, 11) is 1.60. The van der Waals surface area contributed by atoms with Gasteiger partial charge in [-0.05, 0) is 34.2 Å². The molecule has 0 aromatic heterocycles. The van der Waals surface area contributed by atoms with Crippen molar-refractivity contribution in [2.45, 2.75) is 46.2 Å². The van der Waals surface area contributed by atoms with Crippen LogP contribution >= 0.6 is 0 Å². The van der Waals surface area contributed by atoms with Crippen molar-refractivity contribution in [1.82, 2.24) is 15.1 Å². The van der Waals surface area contributed by atoms with Crippen LogP contribution in [0.5, 0.6) is 0 Å². The van der Waals surface area contributed by atoms with Crippen LogP contribution in [-0.2, 0) is 14.4 Å². The Morgan fingerprint density at radius 1 is 1.14 bits per heavy atom. The second-order valence-corrected chi connectivity index (χ2v) is 5.31. The average molecular weight is 301 g/mol. The van der Waals surface area contributed by atoms with E-state index in [4.69, 9.17) is 5.11 Å². The van der Waals surface area contributed by atoms with E-state index in [-0.39, 0.29) is 30.9 Å². The summed E-state index contributed by atoms with van der Waals surface area (Å²) in [6, 6.07) is -0.678. The number of likely N-dealkylation sites (N-methyl/N-ethyl adjacent to an activating group) is 2. The van der Waals surface area contributed by atoms with Gasteiger partial charge in [-0.3, -0.25) is 19.3 Å². The monoisotopic (exact) mass is 301 g/mol. The number of nitrogens with one attached hydrogen (secondary N) is 1. The van der Waals surface area contributed by atoms with Gasteiger partial charge in [0.15, 0.2) is 0 Å². The Kier molecular flexibility index (Phi) is 8.61. The Bertz CT molecular complexity index is 371. The predicted molar refractivity (Wildman–Crippen MR) is 79.9 cm³/mol. The van der Waals surface area contributed by atoms with Crippen LogP contribution in [0.2, 0.25) is 0 Å². The molecular formula is C14H27N3O4. The molecule has 1 atom stereocenters. The maximum absolute atomic E-state index is 12.2. The molecule has 2 N–H and O–H groups in total. The highest BCUT2D eigenvalue weighted by Crippen LogP contribution is 2.03. The summed E-state index contributed by atoms with van der Waals surface area (Å²) in [6.45, 7) is 7.62. The zero-order chi connectivity index (χ0) is 16.6. The molecule has 0 aromatic carbocycles. The van der Waals surface area contributed by atoms with E-state index >= 15 is 0 Å². The molecule has 7 nitrogen and oxygen atoms in total. The van der Waals surface area contributed by atoms with Crippen molar-refractivity contribution in [2.75, 3.05) is 26.7 Å². The molecule has 0 spiro atoms. The summed E-state index contributed by atoms with van der Waals surface area (Å²) >= 11 is 0. The van der Waals surface area contributed by atoms with Crippen LogP contribution in [0, 0.1) is 0 Å². The summed E-state index contributed by atoms with van der Waals surface area (Å²) in [5.41, 5.74) is 0. The number of aliphatic carboxylic acids is 1. The molecule has 0 aliphatic carbocycles. The summed E-state index contributed by atoms with van der Waals surface area (Å²) in [4.78, 5) is 37.8. The number of amides is 2. The van der Waals surface area contributed by atoms with Gasteiger partial charge in [0, 0.05) is 12.6 Å². The summed E-state index contributed by atoms with van der Waals surface area (Å²) in [5.74, 6) is -1.42. The van der Waals surface area contributed by atoms with Crippen LogP contribution in [-0.4, -0.2) is 71.5 Å². The largest absolute Gasteiger partial charge is 0.480 e. The van der Waals surface area contributed by atoms with Gasteiger partial charge in [0.2, 0.25) is 11.8 Å². The Labute approximate surface area is 126 Å². The lowest BCUT2D eigenvalue weighted by Crippen LogP contribution is -2.48. The van der Waals surface area contributed by atoms with E-state index in [1.807, 2.05) is 13.8 Å². The topological polar surface area (TPSA) is 90.0 Å². The zero-order valence-corrected chi connectivity index (χ0v) is 13.5. The number of carbonyl (C=O) groups is 3. The van der Waals surface area contributed by atoms with Gasteiger partial charge in [0.05, 0.1) is 13.1 Å². The van der Waals surface area contributed by atoms with E-state index in [1.54, 1.807) is 20.9 Å². The van der Waals surface area contributed by atoms with E-state index < -0.39 is 12.0 Å². The lowest BCUT2D eigenvalue weighted by atomic mass is 10.2. The molecule has 1 unspecified atom stereocenters. The highest BCUT2D eigenvalue weighted by Gasteiger charge is 2.24. The SMILES string of the molecule is CCC(C(=O)O)N(C)CC(=O)N(CC)CC(=O)NC(C)C. The van der Waals surface area contributed by atoms with Crippen LogP contribution in [0.4, 0.5) is 0 Å². The Hall–Kier alpha value is -1.63. The average Bonchev–Trinajstić information content (AvgIpc) is 2.34. The smallest absolute Gasteiger partial charge is 0.320 e. The van der Waals surface area contributed by atoms with Gasteiger partial charge < -0.3 is 15.3 Å². The number of hydrogen-bond donors (Lipinski definition) is 2. The standard InChI is InChI=1S/C14H27N3O4/c1-6-11(14(20)21)16(5)9-13(19)17(7-2)8-12(18)15-10(3)4/h10-11H,6-9H2,1-5H3,(H,15,18)(H,20,21). The first-order valence-electron chi connectivity index (χ1n) is 7.23. The van der Waals surface area contributed by atoms with Crippen LogP contribution in [0.15, 0.2) is 0 Å². The van der Waals surface area contributed by atoms with Crippen LogP contribution in [0.1, 0.15) is 34.1 Å². The molecule has 0 aliphatic heterocycles. The lowest BCUT2D eigenvalue weighted by Gasteiger charge is -2.27. The predicted octanol–water partition coefficient (Wildman–Crippen LogP) is 0.155. The van der Waals surface area contributed by atoms with Crippen LogP contribution in [0.25, 0.3) is 0 Å². The molecule has 0 heterocycles. The summed E-state index contributed by atoms with van der Waals surface area (Å²) in [6.07, 6.45) is 0.416. The molecule has 21 heavy (non-hydrogen) atoms. The second-order valence-electron chi connectivity index (χ2n) is 5.31. The third-order valence-corrected chi connectivity index (χ3v) is 3.11. The molecule has 0 rings (SSSR count). The number of hydrogen-bond acceptors (Lipinski definition) is 4. The van der Waals surface area contributed by atoms with E-state index in [0.29, 0.717) is 13.0 Å². The van der Waals surface area contributed by atoms with Crippen molar-refractivity contribution in [1.29, 1.82) is 0 Å². The quantitative estimate of drug-likeness (QED) is 0.633. The Balaban J connectivity index is 4.58. The summed E-state index contributed by atoms with van der Waals surface area (Å²) in [5, 5.41) is 11.8. The fraction of sp³-hybridized carbons (Fsp3) is 0.786. The molecule has 0 bridgehead atoms. The van der Waals surface area contributed by atoms with Gasteiger partial charge in [-0.2, -0.15) is 0 Å².